The zero-order chi connectivity index (χ0) is 15.8. The van der Waals surface area contributed by atoms with E-state index in [9.17, 15) is 4.79 Å². The van der Waals surface area contributed by atoms with Gasteiger partial charge in [-0.1, -0.05) is 19.9 Å². The van der Waals surface area contributed by atoms with Gasteiger partial charge in [0.05, 0.1) is 14.2 Å². The molecule has 1 aromatic rings. The average molecular weight is 295 g/mol. The van der Waals surface area contributed by atoms with E-state index in [1.54, 1.807) is 14.0 Å². The van der Waals surface area contributed by atoms with Crippen molar-refractivity contribution in [3.05, 3.63) is 23.8 Å². The summed E-state index contributed by atoms with van der Waals surface area (Å²) in [5.41, 5.74) is 1.07. The Morgan fingerprint density at radius 3 is 2.48 bits per heavy atom. The molecule has 0 fully saturated rings. The minimum Gasteiger partial charge on any atom is -0.493 e. The average Bonchev–Trinajstić information content (AvgIpc) is 2.46. The smallest absolute Gasteiger partial charge is 0.346 e. The first kappa shape index (κ1) is 17.3. The Hall–Kier alpha value is -1.75. The topological polar surface area (TPSA) is 56.8 Å². The molecule has 118 valence electrons. The molecule has 0 radical (unpaired) electrons. The molecule has 1 unspecified atom stereocenters. The lowest BCUT2D eigenvalue weighted by atomic mass is 10.1. The van der Waals surface area contributed by atoms with E-state index in [-0.39, 0.29) is 0 Å². The molecule has 0 aromatic heterocycles. The minimum absolute atomic E-state index is 0.416. The Balaban J connectivity index is 2.77. The highest BCUT2D eigenvalue weighted by atomic mass is 16.6. The van der Waals surface area contributed by atoms with E-state index in [1.807, 2.05) is 18.2 Å². The molecule has 1 rings (SSSR count). The second kappa shape index (κ2) is 8.52. The summed E-state index contributed by atoms with van der Waals surface area (Å²) in [7, 11) is 2.91. The number of carbonyl (C=O) groups is 1. The zero-order valence-electron chi connectivity index (χ0n) is 13.4. The van der Waals surface area contributed by atoms with E-state index >= 15 is 0 Å². The highest BCUT2D eigenvalue weighted by molar-refractivity contribution is 5.74. The van der Waals surface area contributed by atoms with E-state index in [1.165, 1.54) is 7.11 Å². The second-order valence-corrected chi connectivity index (χ2v) is 5.29. The number of nitrogens with one attached hydrogen (secondary N) is 1. The summed E-state index contributed by atoms with van der Waals surface area (Å²) >= 11 is 0. The fourth-order valence-electron chi connectivity index (χ4n) is 1.83. The number of hydrogen-bond donors (Lipinski definition) is 1. The third-order valence-corrected chi connectivity index (χ3v) is 2.95. The van der Waals surface area contributed by atoms with Gasteiger partial charge in [0.15, 0.2) is 17.6 Å². The van der Waals surface area contributed by atoms with Gasteiger partial charge in [-0.2, -0.15) is 0 Å². The fraction of sp³-hybridized carbons (Fsp3) is 0.562. The molecule has 5 nitrogen and oxygen atoms in total. The molecule has 0 aliphatic rings. The quantitative estimate of drug-likeness (QED) is 0.746. The predicted molar refractivity (Wildman–Crippen MR) is 81.6 cm³/mol. The summed E-state index contributed by atoms with van der Waals surface area (Å²) in [6.45, 7) is 7.65. The van der Waals surface area contributed by atoms with Gasteiger partial charge in [-0.25, -0.2) is 4.79 Å². The normalized spacial score (nSPS) is 12.1. The first-order valence-electron chi connectivity index (χ1n) is 7.10. The van der Waals surface area contributed by atoms with Crippen LogP contribution in [-0.4, -0.2) is 32.8 Å². The number of carbonyl (C=O) groups excluding carboxylic acids is 1. The molecule has 0 spiro atoms. The molecule has 1 atom stereocenters. The number of methoxy groups -OCH3 is 2. The van der Waals surface area contributed by atoms with Crippen molar-refractivity contribution in [1.29, 1.82) is 0 Å². The van der Waals surface area contributed by atoms with Crippen molar-refractivity contribution < 1.29 is 19.0 Å². The van der Waals surface area contributed by atoms with Crippen LogP contribution in [0.2, 0.25) is 0 Å². The van der Waals surface area contributed by atoms with Crippen molar-refractivity contribution >= 4 is 5.97 Å². The molecular formula is C16H25NO4. The Morgan fingerprint density at radius 2 is 1.90 bits per heavy atom. The molecule has 1 aromatic carbocycles. The van der Waals surface area contributed by atoms with Crippen LogP contribution in [0.1, 0.15) is 26.3 Å². The standard InChI is InChI=1S/C16H25NO4/c1-11(2)9-17-10-13-6-7-14(19-4)15(8-13)21-12(3)16(18)20-5/h6-8,11-12,17H,9-10H2,1-5H3. The third-order valence-electron chi connectivity index (χ3n) is 2.95. The minimum atomic E-state index is -0.678. The van der Waals surface area contributed by atoms with Crippen LogP contribution < -0.4 is 14.8 Å². The van der Waals surface area contributed by atoms with Gasteiger partial charge in [-0.15, -0.1) is 0 Å². The van der Waals surface area contributed by atoms with Crippen LogP contribution in [0, 0.1) is 5.92 Å². The van der Waals surface area contributed by atoms with Crippen LogP contribution in [0.5, 0.6) is 11.5 Å². The predicted octanol–water partition coefficient (Wildman–Crippen LogP) is 2.38. The lowest BCUT2D eigenvalue weighted by molar-refractivity contribution is -0.147. The highest BCUT2D eigenvalue weighted by Crippen LogP contribution is 2.29. The number of hydrogen-bond acceptors (Lipinski definition) is 5. The van der Waals surface area contributed by atoms with Crippen LogP contribution in [0.25, 0.3) is 0 Å². The Labute approximate surface area is 126 Å². The summed E-state index contributed by atoms with van der Waals surface area (Å²) in [6, 6.07) is 5.69. The van der Waals surface area contributed by atoms with Gasteiger partial charge in [0, 0.05) is 6.54 Å². The summed E-state index contributed by atoms with van der Waals surface area (Å²) < 4.78 is 15.6. The largest absolute Gasteiger partial charge is 0.493 e. The zero-order valence-corrected chi connectivity index (χ0v) is 13.4. The maximum atomic E-state index is 11.4. The van der Waals surface area contributed by atoms with Gasteiger partial charge in [-0.05, 0) is 37.1 Å². The van der Waals surface area contributed by atoms with Crippen LogP contribution in [0.15, 0.2) is 18.2 Å². The van der Waals surface area contributed by atoms with E-state index < -0.39 is 12.1 Å². The second-order valence-electron chi connectivity index (χ2n) is 5.29. The van der Waals surface area contributed by atoms with Crippen molar-refractivity contribution in [1.82, 2.24) is 5.32 Å². The van der Waals surface area contributed by atoms with Crippen LogP contribution in [-0.2, 0) is 16.1 Å². The highest BCUT2D eigenvalue weighted by Gasteiger charge is 2.17. The molecule has 5 heteroatoms. The van der Waals surface area contributed by atoms with Crippen LogP contribution >= 0.6 is 0 Å². The van der Waals surface area contributed by atoms with Gasteiger partial charge in [-0.3, -0.25) is 0 Å². The molecule has 0 aliphatic heterocycles. The van der Waals surface area contributed by atoms with Crippen LogP contribution in [0.4, 0.5) is 0 Å². The summed E-state index contributed by atoms with van der Waals surface area (Å²) in [5, 5.41) is 3.37. The van der Waals surface area contributed by atoms with Crippen molar-refractivity contribution in [2.24, 2.45) is 5.92 Å². The molecule has 0 bridgehead atoms. The SMILES string of the molecule is COC(=O)C(C)Oc1cc(CNCC(C)C)ccc1OC. The maximum absolute atomic E-state index is 11.4. The van der Waals surface area contributed by atoms with Crippen molar-refractivity contribution in [2.45, 2.75) is 33.4 Å². The van der Waals surface area contributed by atoms with Gasteiger partial charge in [0.1, 0.15) is 0 Å². The molecule has 0 saturated heterocycles. The number of ether oxygens (including phenoxy) is 3. The van der Waals surface area contributed by atoms with Gasteiger partial charge < -0.3 is 19.5 Å². The number of rotatable bonds is 8. The monoisotopic (exact) mass is 295 g/mol. The van der Waals surface area contributed by atoms with Gasteiger partial charge in [0.2, 0.25) is 0 Å². The van der Waals surface area contributed by atoms with E-state index in [0.717, 1.165) is 18.7 Å². The lowest BCUT2D eigenvalue weighted by Gasteiger charge is -2.16. The molecular weight excluding hydrogens is 270 g/mol. The van der Waals surface area contributed by atoms with E-state index in [4.69, 9.17) is 9.47 Å². The van der Waals surface area contributed by atoms with Crippen molar-refractivity contribution in [3.8, 4) is 11.5 Å². The Kier molecular flexibility index (Phi) is 7.02. The van der Waals surface area contributed by atoms with Gasteiger partial charge >= 0.3 is 5.97 Å². The Bertz CT molecular complexity index is 460. The third kappa shape index (κ3) is 5.63. The summed E-state index contributed by atoms with van der Waals surface area (Å²) in [6.07, 6.45) is -0.678. The maximum Gasteiger partial charge on any atom is 0.346 e. The van der Waals surface area contributed by atoms with Crippen molar-refractivity contribution in [2.75, 3.05) is 20.8 Å². The number of esters is 1. The first-order valence-corrected chi connectivity index (χ1v) is 7.10. The Morgan fingerprint density at radius 1 is 1.19 bits per heavy atom. The molecule has 1 N–H and O–H groups in total. The summed E-state index contributed by atoms with van der Waals surface area (Å²) in [4.78, 5) is 11.4. The van der Waals surface area contributed by atoms with Crippen molar-refractivity contribution in [3.63, 3.8) is 0 Å². The van der Waals surface area contributed by atoms with E-state index in [2.05, 4.69) is 23.9 Å². The molecule has 0 heterocycles. The van der Waals surface area contributed by atoms with Gasteiger partial charge in [0.25, 0.3) is 0 Å². The van der Waals surface area contributed by atoms with E-state index in [0.29, 0.717) is 17.4 Å². The molecule has 0 aliphatic carbocycles. The molecule has 21 heavy (non-hydrogen) atoms. The van der Waals surface area contributed by atoms with Crippen LogP contribution in [0.3, 0.4) is 0 Å². The lowest BCUT2D eigenvalue weighted by Crippen LogP contribution is -2.25. The molecule has 0 amide bonds. The summed E-state index contributed by atoms with van der Waals surface area (Å²) in [5.74, 6) is 1.32. The fourth-order valence-corrected chi connectivity index (χ4v) is 1.83. The molecule has 0 saturated carbocycles. The first-order chi connectivity index (χ1) is 9.97. The number of benzene rings is 1.